The van der Waals surface area contributed by atoms with Crippen LogP contribution in [-0.4, -0.2) is 112 Å². The zero-order chi connectivity index (χ0) is 32.7. The fourth-order valence-electron chi connectivity index (χ4n) is 6.30. The summed E-state index contributed by atoms with van der Waals surface area (Å²) in [5.74, 6) is -3.01. The zero-order valence-electron chi connectivity index (χ0n) is 25.7. The molecule has 0 aliphatic carbocycles. The van der Waals surface area contributed by atoms with Crippen LogP contribution in [0.5, 0.6) is 0 Å². The van der Waals surface area contributed by atoms with Crippen molar-refractivity contribution in [1.29, 1.82) is 0 Å². The lowest BCUT2D eigenvalue weighted by atomic mass is 10.0. The number of rotatable bonds is 11. The van der Waals surface area contributed by atoms with E-state index in [-0.39, 0.29) is 49.8 Å². The SMILES string of the molecule is CC1CC(NC(=O)C2CCCN2C(=O)CNC(=O)C(C)NC(=O)C2CCCN2C(=O)Cc2cccc(CC(=O)O)c2)CC(O)O1. The molecule has 3 aliphatic heterocycles. The van der Waals surface area contributed by atoms with E-state index in [4.69, 9.17) is 9.84 Å². The number of likely N-dealkylation sites (tertiary alicyclic amines) is 2. The monoisotopic (exact) mass is 629 g/mol. The molecule has 45 heavy (non-hydrogen) atoms. The lowest BCUT2D eigenvalue weighted by Crippen LogP contribution is -2.55. The number of carbonyl (C=O) groups is 6. The average molecular weight is 630 g/mol. The quantitative estimate of drug-likeness (QED) is 0.214. The molecule has 3 saturated heterocycles. The van der Waals surface area contributed by atoms with E-state index < -0.39 is 48.1 Å². The number of aliphatic carboxylic acids is 1. The Hall–Kier alpha value is -4.04. The Morgan fingerprint density at radius 1 is 0.933 bits per heavy atom. The van der Waals surface area contributed by atoms with Gasteiger partial charge in [-0.15, -0.1) is 0 Å². The van der Waals surface area contributed by atoms with Crippen LogP contribution in [0.15, 0.2) is 24.3 Å². The molecule has 0 radical (unpaired) electrons. The predicted molar refractivity (Wildman–Crippen MR) is 159 cm³/mol. The van der Waals surface area contributed by atoms with E-state index in [9.17, 15) is 33.9 Å². The summed E-state index contributed by atoms with van der Waals surface area (Å²) in [5, 5.41) is 27.0. The Balaban J connectivity index is 1.24. The molecular weight excluding hydrogens is 586 g/mol. The molecule has 0 spiro atoms. The first-order valence-electron chi connectivity index (χ1n) is 15.5. The lowest BCUT2D eigenvalue weighted by Gasteiger charge is -2.33. The van der Waals surface area contributed by atoms with Gasteiger partial charge in [-0.3, -0.25) is 28.8 Å². The van der Waals surface area contributed by atoms with E-state index >= 15 is 0 Å². The number of benzene rings is 1. The van der Waals surface area contributed by atoms with Crippen molar-refractivity contribution in [3.8, 4) is 0 Å². The highest BCUT2D eigenvalue weighted by Gasteiger charge is 2.37. The summed E-state index contributed by atoms with van der Waals surface area (Å²) in [5.41, 5.74) is 1.23. The van der Waals surface area contributed by atoms with E-state index in [1.165, 1.54) is 16.7 Å². The van der Waals surface area contributed by atoms with Crippen molar-refractivity contribution in [1.82, 2.24) is 25.8 Å². The largest absolute Gasteiger partial charge is 0.481 e. The third kappa shape index (κ3) is 9.24. The van der Waals surface area contributed by atoms with Gasteiger partial charge in [0.1, 0.15) is 18.1 Å². The minimum absolute atomic E-state index is 0.0149. The minimum Gasteiger partial charge on any atom is -0.481 e. The molecule has 5 amide bonds. The number of carboxylic acid groups (broad SMARTS) is 1. The number of ether oxygens (including phenoxy) is 1. The molecule has 3 aliphatic rings. The van der Waals surface area contributed by atoms with Gasteiger partial charge in [0.25, 0.3) is 0 Å². The Labute approximate surface area is 261 Å². The minimum atomic E-state index is -0.977. The predicted octanol–water partition coefficient (Wildman–Crippen LogP) is -0.539. The van der Waals surface area contributed by atoms with E-state index in [0.717, 1.165) is 0 Å². The van der Waals surface area contributed by atoms with Crippen LogP contribution in [0.25, 0.3) is 0 Å². The van der Waals surface area contributed by atoms with Crippen LogP contribution in [0.1, 0.15) is 63.5 Å². The molecule has 3 fully saturated rings. The first-order chi connectivity index (χ1) is 21.4. The van der Waals surface area contributed by atoms with E-state index in [0.29, 0.717) is 56.3 Å². The molecule has 1 aromatic rings. The molecule has 3 heterocycles. The van der Waals surface area contributed by atoms with Gasteiger partial charge in [-0.05, 0) is 57.1 Å². The maximum Gasteiger partial charge on any atom is 0.307 e. The van der Waals surface area contributed by atoms with Crippen LogP contribution in [0, 0.1) is 0 Å². The Morgan fingerprint density at radius 2 is 1.56 bits per heavy atom. The summed E-state index contributed by atoms with van der Waals surface area (Å²) in [6.45, 7) is 3.73. The lowest BCUT2D eigenvalue weighted by molar-refractivity contribution is -0.166. The van der Waals surface area contributed by atoms with Gasteiger partial charge in [0, 0.05) is 25.6 Å². The molecular formula is C31H43N5O9. The Bertz CT molecular complexity index is 1280. The third-order valence-corrected chi connectivity index (χ3v) is 8.46. The van der Waals surface area contributed by atoms with Crippen molar-refractivity contribution in [3.05, 3.63) is 35.4 Å². The zero-order valence-corrected chi connectivity index (χ0v) is 25.7. The van der Waals surface area contributed by atoms with Crippen molar-refractivity contribution in [2.75, 3.05) is 19.6 Å². The normalized spacial score (nSPS) is 25.4. The summed E-state index contributed by atoms with van der Waals surface area (Å²) < 4.78 is 5.30. The van der Waals surface area contributed by atoms with Crippen molar-refractivity contribution in [2.24, 2.45) is 0 Å². The van der Waals surface area contributed by atoms with Gasteiger partial charge in [-0.2, -0.15) is 0 Å². The summed E-state index contributed by atoms with van der Waals surface area (Å²) >= 11 is 0. The highest BCUT2D eigenvalue weighted by atomic mass is 16.6. The number of carboxylic acids is 1. The smallest absolute Gasteiger partial charge is 0.307 e. The molecule has 0 aromatic heterocycles. The maximum atomic E-state index is 13.1. The third-order valence-electron chi connectivity index (χ3n) is 8.46. The van der Waals surface area contributed by atoms with Gasteiger partial charge in [0.15, 0.2) is 6.29 Å². The second kappa shape index (κ2) is 15.3. The van der Waals surface area contributed by atoms with E-state index in [1.54, 1.807) is 24.3 Å². The molecule has 1 aromatic carbocycles. The number of nitrogens with zero attached hydrogens (tertiary/aromatic N) is 2. The van der Waals surface area contributed by atoms with Crippen LogP contribution in [0.4, 0.5) is 0 Å². The molecule has 14 nitrogen and oxygen atoms in total. The number of hydrogen-bond donors (Lipinski definition) is 5. The van der Waals surface area contributed by atoms with E-state index in [1.807, 2.05) is 6.92 Å². The summed E-state index contributed by atoms with van der Waals surface area (Å²) in [6.07, 6.45) is 1.72. The number of nitrogens with one attached hydrogen (secondary N) is 3. The first kappa shape index (κ1) is 33.8. The van der Waals surface area contributed by atoms with Gasteiger partial charge in [-0.25, -0.2) is 0 Å². The number of amides is 5. The van der Waals surface area contributed by atoms with Gasteiger partial charge < -0.3 is 40.7 Å². The van der Waals surface area contributed by atoms with Gasteiger partial charge in [0.2, 0.25) is 29.5 Å². The van der Waals surface area contributed by atoms with Crippen molar-refractivity contribution in [2.45, 2.75) is 102 Å². The Morgan fingerprint density at radius 3 is 2.20 bits per heavy atom. The van der Waals surface area contributed by atoms with Crippen molar-refractivity contribution in [3.63, 3.8) is 0 Å². The molecule has 5 N–H and O–H groups in total. The highest BCUT2D eigenvalue weighted by Crippen LogP contribution is 2.22. The molecule has 6 unspecified atom stereocenters. The number of hydrogen-bond acceptors (Lipinski definition) is 8. The fourth-order valence-corrected chi connectivity index (χ4v) is 6.30. The standard InChI is InChI=1S/C31H43N5O9/c1-18-12-22(16-28(41)45-18)34-31(44)24-9-5-11-36(24)26(38)17-32-29(42)19(2)33-30(43)23-8-4-10-35(23)25(37)14-20-6-3-7-21(13-20)15-27(39)40/h3,6-7,13,18-19,22-24,28,41H,4-5,8-12,14-17H2,1-2H3,(H,32,42)(H,33,43)(H,34,44)(H,39,40). The second-order valence-corrected chi connectivity index (χ2v) is 12.1. The number of carbonyl (C=O) groups excluding carboxylic acids is 5. The number of aliphatic hydroxyl groups is 1. The summed E-state index contributed by atoms with van der Waals surface area (Å²) in [7, 11) is 0. The Kier molecular flexibility index (Phi) is 11.5. The van der Waals surface area contributed by atoms with E-state index in [2.05, 4.69) is 16.0 Å². The molecule has 0 saturated carbocycles. The topological polar surface area (TPSA) is 195 Å². The summed E-state index contributed by atoms with van der Waals surface area (Å²) in [6, 6.07) is 4.10. The molecule has 14 heteroatoms. The highest BCUT2D eigenvalue weighted by molar-refractivity contribution is 5.94. The molecule has 0 bridgehead atoms. The fraction of sp³-hybridized carbons (Fsp3) is 0.613. The average Bonchev–Trinajstić information content (AvgIpc) is 3.66. The second-order valence-electron chi connectivity index (χ2n) is 12.1. The van der Waals surface area contributed by atoms with Crippen molar-refractivity contribution < 1.29 is 43.7 Å². The van der Waals surface area contributed by atoms with Crippen LogP contribution in [-0.2, 0) is 46.3 Å². The molecule has 4 rings (SSSR count). The van der Waals surface area contributed by atoms with Crippen molar-refractivity contribution >= 4 is 35.5 Å². The van der Waals surface area contributed by atoms with Gasteiger partial charge >= 0.3 is 5.97 Å². The maximum absolute atomic E-state index is 13.1. The summed E-state index contributed by atoms with van der Waals surface area (Å²) in [4.78, 5) is 78.8. The van der Waals surface area contributed by atoms with Gasteiger partial charge in [-0.1, -0.05) is 24.3 Å². The molecule has 6 atom stereocenters. The number of aliphatic hydroxyl groups excluding tert-OH is 1. The molecule has 246 valence electrons. The van der Waals surface area contributed by atoms with Crippen LogP contribution in [0.2, 0.25) is 0 Å². The van der Waals surface area contributed by atoms with Crippen LogP contribution >= 0.6 is 0 Å². The van der Waals surface area contributed by atoms with Crippen LogP contribution < -0.4 is 16.0 Å². The van der Waals surface area contributed by atoms with Gasteiger partial charge in [0.05, 0.1) is 25.5 Å². The first-order valence-corrected chi connectivity index (χ1v) is 15.5. The van der Waals surface area contributed by atoms with Crippen LogP contribution in [0.3, 0.4) is 0 Å².